The molecule has 0 aliphatic carbocycles. The van der Waals surface area contributed by atoms with Crippen molar-refractivity contribution >= 4 is 22.6 Å². The van der Waals surface area contributed by atoms with E-state index in [4.69, 9.17) is 0 Å². The van der Waals surface area contributed by atoms with E-state index in [0.717, 1.165) is 22.6 Å². The first-order valence-corrected chi connectivity index (χ1v) is 7.16. The van der Waals surface area contributed by atoms with Crippen LogP contribution in [0.25, 0.3) is 22.6 Å². The van der Waals surface area contributed by atoms with E-state index < -0.39 is 0 Å². The highest BCUT2D eigenvalue weighted by atomic mass is 79.9. The van der Waals surface area contributed by atoms with Gasteiger partial charge in [0.2, 0.25) is 0 Å². The fourth-order valence-corrected chi connectivity index (χ4v) is 2.73. The number of imidazole rings is 1. The van der Waals surface area contributed by atoms with Crippen LogP contribution in [0.15, 0.2) is 85.2 Å². The molecule has 0 aliphatic rings. The first-order chi connectivity index (χ1) is 10.8. The van der Waals surface area contributed by atoms with Gasteiger partial charge in [0, 0.05) is 11.6 Å². The van der Waals surface area contributed by atoms with Gasteiger partial charge in [-0.15, -0.1) is 17.0 Å². The summed E-state index contributed by atoms with van der Waals surface area (Å²) in [5.41, 5.74) is 4.15. The Kier molecular flexibility index (Phi) is 4.26. The summed E-state index contributed by atoms with van der Waals surface area (Å²) >= 11 is 0. The number of para-hydroxylation sites is 1. The number of fused-ring (bicyclic) bond motifs is 1. The molecule has 0 atom stereocenters. The maximum Gasteiger partial charge on any atom is 0.291 e. The van der Waals surface area contributed by atoms with Crippen LogP contribution in [0.1, 0.15) is 0 Å². The highest BCUT2D eigenvalue weighted by Crippen LogP contribution is 2.24. The third kappa shape index (κ3) is 2.78. The normalized spacial score (nSPS) is 10.5. The lowest BCUT2D eigenvalue weighted by Gasteiger charge is -2.02. The van der Waals surface area contributed by atoms with E-state index >= 15 is 0 Å². The zero-order chi connectivity index (χ0) is 14.9. The maximum atomic E-state index is 13.2. The quantitative estimate of drug-likeness (QED) is 0.456. The minimum atomic E-state index is -0.223. The van der Waals surface area contributed by atoms with E-state index in [-0.39, 0.29) is 22.8 Å². The van der Waals surface area contributed by atoms with Gasteiger partial charge in [-0.05, 0) is 42.5 Å². The van der Waals surface area contributed by atoms with Crippen LogP contribution in [-0.2, 0) is 0 Å². The van der Waals surface area contributed by atoms with Crippen molar-refractivity contribution in [3.63, 3.8) is 0 Å². The topological polar surface area (TPSA) is 9.03 Å². The van der Waals surface area contributed by atoms with Crippen molar-refractivity contribution in [2.45, 2.75) is 0 Å². The largest absolute Gasteiger partial charge is 0.291 e. The predicted molar refractivity (Wildman–Crippen MR) is 94.6 cm³/mol. The first kappa shape index (κ1) is 15.4. The van der Waals surface area contributed by atoms with E-state index in [1.54, 1.807) is 0 Å². The molecule has 2 aromatic heterocycles. The highest BCUT2D eigenvalue weighted by molar-refractivity contribution is 8.93. The molecule has 0 amide bonds. The van der Waals surface area contributed by atoms with Gasteiger partial charge in [-0.1, -0.05) is 24.3 Å². The Morgan fingerprint density at radius 3 is 2.22 bits per heavy atom. The number of pyridine rings is 1. The molecule has 114 valence electrons. The van der Waals surface area contributed by atoms with Crippen LogP contribution in [0.5, 0.6) is 0 Å². The number of halogens is 2. The zero-order valence-electron chi connectivity index (χ0n) is 12.3. The summed E-state index contributed by atoms with van der Waals surface area (Å²) in [4.78, 5) is 0. The molecule has 0 aliphatic heterocycles. The van der Waals surface area contributed by atoms with Crippen molar-refractivity contribution in [3.8, 4) is 16.9 Å². The molecule has 4 aromatic rings. The Morgan fingerprint density at radius 2 is 1.48 bits per heavy atom. The predicted octanol–water partition coefficient (Wildman–Crippen LogP) is 4.60. The van der Waals surface area contributed by atoms with Crippen LogP contribution >= 0.6 is 17.0 Å². The van der Waals surface area contributed by atoms with Crippen LogP contribution in [0, 0.1) is 5.82 Å². The summed E-state index contributed by atoms with van der Waals surface area (Å²) in [7, 11) is 0. The van der Waals surface area contributed by atoms with Gasteiger partial charge in [-0.3, -0.25) is 0 Å². The SMILES string of the molecule is Br.Fc1ccc(-c2c[n+]3ccccc3n2-c2ccccc2)cc1. The number of nitrogens with zero attached hydrogens (tertiary/aromatic N) is 2. The fourth-order valence-electron chi connectivity index (χ4n) is 2.73. The molecule has 0 bridgehead atoms. The van der Waals surface area contributed by atoms with Crippen LogP contribution in [-0.4, -0.2) is 4.57 Å². The van der Waals surface area contributed by atoms with E-state index in [2.05, 4.69) is 33.4 Å². The van der Waals surface area contributed by atoms with Gasteiger partial charge < -0.3 is 0 Å². The second kappa shape index (κ2) is 6.34. The van der Waals surface area contributed by atoms with Gasteiger partial charge in [0.25, 0.3) is 5.65 Å². The van der Waals surface area contributed by atoms with Gasteiger partial charge in [-0.25, -0.2) is 8.79 Å². The van der Waals surface area contributed by atoms with E-state index in [1.807, 2.05) is 48.7 Å². The van der Waals surface area contributed by atoms with Crippen molar-refractivity contribution in [3.05, 3.63) is 91.0 Å². The summed E-state index contributed by atoms with van der Waals surface area (Å²) in [6.07, 6.45) is 4.08. The van der Waals surface area contributed by atoms with Gasteiger partial charge in [-0.2, -0.15) is 4.57 Å². The molecule has 2 nitrogen and oxygen atoms in total. The summed E-state index contributed by atoms with van der Waals surface area (Å²) in [5.74, 6) is -0.223. The van der Waals surface area contributed by atoms with Crippen molar-refractivity contribution < 1.29 is 8.79 Å². The van der Waals surface area contributed by atoms with Crippen molar-refractivity contribution in [1.82, 2.24) is 4.57 Å². The lowest BCUT2D eigenvalue weighted by molar-refractivity contribution is -0.510. The molecule has 0 spiro atoms. The van der Waals surface area contributed by atoms with E-state index in [0.29, 0.717) is 0 Å². The van der Waals surface area contributed by atoms with Gasteiger partial charge in [0.15, 0.2) is 5.69 Å². The molecule has 0 fully saturated rings. The number of aromatic nitrogens is 2. The molecule has 2 aromatic carbocycles. The Bertz CT molecular complexity index is 931. The van der Waals surface area contributed by atoms with Crippen molar-refractivity contribution in [2.75, 3.05) is 0 Å². The Labute approximate surface area is 144 Å². The van der Waals surface area contributed by atoms with Crippen LogP contribution < -0.4 is 4.40 Å². The number of benzene rings is 2. The summed E-state index contributed by atoms with van der Waals surface area (Å²) in [6, 6.07) is 22.9. The molecule has 0 N–H and O–H groups in total. The average molecular weight is 370 g/mol. The Morgan fingerprint density at radius 1 is 0.783 bits per heavy atom. The minimum Gasteiger partial charge on any atom is -0.207 e. The molecule has 4 rings (SSSR count). The molecule has 0 saturated carbocycles. The smallest absolute Gasteiger partial charge is 0.207 e. The monoisotopic (exact) mass is 369 g/mol. The lowest BCUT2D eigenvalue weighted by atomic mass is 10.1. The number of rotatable bonds is 2. The standard InChI is InChI=1S/C19H14FN2.BrH/c20-16-11-9-15(10-12-16)18-14-21-13-5-4-8-19(21)22(18)17-6-2-1-3-7-17;/h1-14H;1H/q+1;. The molecule has 23 heavy (non-hydrogen) atoms. The molecular weight excluding hydrogens is 355 g/mol. The van der Waals surface area contributed by atoms with Crippen LogP contribution in [0.4, 0.5) is 4.39 Å². The van der Waals surface area contributed by atoms with Crippen LogP contribution in [0.3, 0.4) is 0 Å². The van der Waals surface area contributed by atoms with E-state index in [1.165, 1.54) is 12.1 Å². The number of hydrogen-bond donors (Lipinski definition) is 0. The summed E-state index contributed by atoms with van der Waals surface area (Å²) in [6.45, 7) is 0. The third-order valence-electron chi connectivity index (χ3n) is 3.75. The molecule has 4 heteroatoms. The highest BCUT2D eigenvalue weighted by Gasteiger charge is 2.20. The van der Waals surface area contributed by atoms with Gasteiger partial charge >= 0.3 is 0 Å². The van der Waals surface area contributed by atoms with Gasteiger partial charge in [0.1, 0.15) is 17.7 Å². The Hall–Kier alpha value is -2.46. The molecule has 0 radical (unpaired) electrons. The van der Waals surface area contributed by atoms with Gasteiger partial charge in [0.05, 0.1) is 6.20 Å². The lowest BCUT2D eigenvalue weighted by Crippen LogP contribution is -2.17. The minimum absolute atomic E-state index is 0. The first-order valence-electron chi connectivity index (χ1n) is 7.16. The Balaban J connectivity index is 0.00000156. The maximum absolute atomic E-state index is 13.2. The molecule has 0 unspecified atom stereocenters. The zero-order valence-corrected chi connectivity index (χ0v) is 14.0. The third-order valence-corrected chi connectivity index (χ3v) is 3.75. The fraction of sp³-hybridized carbons (Fsp3) is 0. The second-order valence-corrected chi connectivity index (χ2v) is 5.16. The summed E-state index contributed by atoms with van der Waals surface area (Å²) < 4.78 is 17.5. The molecular formula is C19H15BrFN2+. The summed E-state index contributed by atoms with van der Waals surface area (Å²) in [5, 5.41) is 0. The second-order valence-electron chi connectivity index (χ2n) is 5.16. The molecule has 2 heterocycles. The number of hydrogen-bond acceptors (Lipinski definition) is 0. The van der Waals surface area contributed by atoms with E-state index in [9.17, 15) is 4.39 Å². The van der Waals surface area contributed by atoms with Crippen molar-refractivity contribution in [1.29, 1.82) is 0 Å². The van der Waals surface area contributed by atoms with Crippen molar-refractivity contribution in [2.24, 2.45) is 0 Å². The van der Waals surface area contributed by atoms with Crippen LogP contribution in [0.2, 0.25) is 0 Å². The average Bonchev–Trinajstić information content (AvgIpc) is 2.96. The molecule has 0 saturated heterocycles.